The summed E-state index contributed by atoms with van der Waals surface area (Å²) < 4.78 is 8.20. The summed E-state index contributed by atoms with van der Waals surface area (Å²) in [4.78, 5) is 50.5. The van der Waals surface area contributed by atoms with Gasteiger partial charge in [0.2, 0.25) is 0 Å². The fraction of sp³-hybridized carbons (Fsp3) is 0.122. The van der Waals surface area contributed by atoms with Crippen LogP contribution in [0.5, 0.6) is 5.75 Å². The Hall–Kier alpha value is -6.19. The first-order valence-electron chi connectivity index (χ1n) is 16.2. The van der Waals surface area contributed by atoms with E-state index in [2.05, 4.69) is 10.6 Å². The minimum atomic E-state index is -0.398. The second kappa shape index (κ2) is 17.0. The lowest BCUT2D eigenvalue weighted by atomic mass is 10.2. The lowest BCUT2D eigenvalue weighted by molar-refractivity contribution is 0.0941. The number of methoxy groups -OCH3 is 1. The fourth-order valence-corrected chi connectivity index (χ4v) is 5.43. The van der Waals surface area contributed by atoms with Crippen LogP contribution in [0.15, 0.2) is 143 Å². The molecule has 4 aromatic carbocycles. The van der Waals surface area contributed by atoms with E-state index in [9.17, 15) is 19.2 Å². The van der Waals surface area contributed by atoms with Gasteiger partial charge in [0.05, 0.1) is 7.11 Å². The van der Waals surface area contributed by atoms with E-state index in [4.69, 9.17) is 16.3 Å². The number of ether oxygens (including phenoxy) is 1. The number of amides is 2. The largest absolute Gasteiger partial charge is 0.497 e. The van der Waals surface area contributed by atoms with Gasteiger partial charge in [-0.25, -0.2) is 0 Å². The molecule has 2 amide bonds. The maximum Gasteiger partial charge on any atom is 0.268 e. The van der Waals surface area contributed by atoms with Crippen LogP contribution >= 0.6 is 11.6 Å². The van der Waals surface area contributed by atoms with Crippen molar-refractivity contribution >= 4 is 23.4 Å². The van der Waals surface area contributed by atoms with Gasteiger partial charge in [0.15, 0.2) is 0 Å². The molecular weight excluding hydrogens is 664 g/mol. The van der Waals surface area contributed by atoms with Crippen molar-refractivity contribution in [3.05, 3.63) is 193 Å². The van der Waals surface area contributed by atoms with Crippen molar-refractivity contribution in [1.82, 2.24) is 19.8 Å². The SMILES string of the molecule is COc1ccc(CNC(=O)c2ccc(C)n(-c3ccccc3)c2=O)cc1.Cc1ccc(C(=O)NCc2ccc(Cl)cc2)c(=O)n1-c1ccccc1. The van der Waals surface area contributed by atoms with E-state index in [0.29, 0.717) is 18.1 Å². The summed E-state index contributed by atoms with van der Waals surface area (Å²) in [6.45, 7) is 4.34. The van der Waals surface area contributed by atoms with Crippen LogP contribution in [0.25, 0.3) is 11.4 Å². The fourth-order valence-electron chi connectivity index (χ4n) is 5.30. The number of nitrogens with zero attached hydrogens (tertiary/aromatic N) is 2. The molecule has 0 aliphatic heterocycles. The monoisotopic (exact) mass is 700 g/mol. The van der Waals surface area contributed by atoms with Gasteiger partial charge in [-0.2, -0.15) is 0 Å². The molecule has 0 unspecified atom stereocenters. The van der Waals surface area contributed by atoms with Crippen LogP contribution in [0.3, 0.4) is 0 Å². The minimum absolute atomic E-state index is 0.114. The molecule has 0 saturated heterocycles. The van der Waals surface area contributed by atoms with Crippen LogP contribution in [-0.2, 0) is 13.1 Å². The number of carbonyl (C=O) groups excluding carboxylic acids is 2. The van der Waals surface area contributed by atoms with E-state index < -0.39 is 11.8 Å². The molecule has 2 N–H and O–H groups in total. The molecule has 0 aliphatic rings. The van der Waals surface area contributed by atoms with E-state index in [1.807, 2.05) is 111 Å². The Morgan fingerprint density at radius 1 is 0.569 bits per heavy atom. The van der Waals surface area contributed by atoms with Crippen LogP contribution < -0.4 is 26.5 Å². The highest BCUT2D eigenvalue weighted by Crippen LogP contribution is 2.13. The smallest absolute Gasteiger partial charge is 0.268 e. The molecule has 10 heteroatoms. The van der Waals surface area contributed by atoms with E-state index in [-0.39, 0.29) is 22.2 Å². The van der Waals surface area contributed by atoms with E-state index in [1.165, 1.54) is 4.57 Å². The molecule has 0 aliphatic carbocycles. The zero-order valence-electron chi connectivity index (χ0n) is 28.4. The van der Waals surface area contributed by atoms with Crippen LogP contribution in [0.1, 0.15) is 43.2 Å². The van der Waals surface area contributed by atoms with Crippen molar-refractivity contribution in [2.45, 2.75) is 26.9 Å². The molecule has 6 aromatic rings. The quantitative estimate of drug-likeness (QED) is 0.172. The first-order chi connectivity index (χ1) is 24.7. The minimum Gasteiger partial charge on any atom is -0.497 e. The van der Waals surface area contributed by atoms with E-state index >= 15 is 0 Å². The molecule has 51 heavy (non-hydrogen) atoms. The first kappa shape index (κ1) is 36.1. The van der Waals surface area contributed by atoms with Gasteiger partial charge in [0.1, 0.15) is 16.9 Å². The molecule has 0 spiro atoms. The molecule has 6 rings (SSSR count). The number of para-hydroxylation sites is 2. The number of hydrogen-bond acceptors (Lipinski definition) is 5. The predicted octanol–water partition coefficient (Wildman–Crippen LogP) is 6.81. The number of rotatable bonds is 9. The highest BCUT2D eigenvalue weighted by Gasteiger charge is 2.16. The molecule has 0 fully saturated rings. The van der Waals surface area contributed by atoms with Gasteiger partial charge < -0.3 is 15.4 Å². The number of pyridine rings is 2. The predicted molar refractivity (Wildman–Crippen MR) is 200 cm³/mol. The Morgan fingerprint density at radius 2 is 0.961 bits per heavy atom. The van der Waals surface area contributed by atoms with Gasteiger partial charge in [-0.1, -0.05) is 72.3 Å². The number of aromatic nitrogens is 2. The maximum absolute atomic E-state index is 12.8. The number of hydrogen-bond donors (Lipinski definition) is 2. The third kappa shape index (κ3) is 9.09. The Kier molecular flexibility index (Phi) is 12.0. The van der Waals surface area contributed by atoms with Crippen molar-refractivity contribution in [1.29, 1.82) is 0 Å². The van der Waals surface area contributed by atoms with E-state index in [1.54, 1.807) is 48.1 Å². The average Bonchev–Trinajstić information content (AvgIpc) is 3.15. The number of carbonyl (C=O) groups is 2. The van der Waals surface area contributed by atoms with Gasteiger partial charge in [0, 0.05) is 40.9 Å². The van der Waals surface area contributed by atoms with Gasteiger partial charge in [-0.15, -0.1) is 0 Å². The van der Waals surface area contributed by atoms with Gasteiger partial charge >= 0.3 is 0 Å². The summed E-state index contributed by atoms with van der Waals surface area (Å²) in [6, 6.07) is 39.8. The number of nitrogens with one attached hydrogen (secondary N) is 2. The Bertz CT molecular complexity index is 2230. The summed E-state index contributed by atoms with van der Waals surface area (Å²) in [5, 5.41) is 6.22. The number of benzene rings is 4. The molecule has 2 heterocycles. The third-order valence-corrected chi connectivity index (χ3v) is 8.30. The van der Waals surface area contributed by atoms with Crippen molar-refractivity contribution < 1.29 is 14.3 Å². The lowest BCUT2D eigenvalue weighted by Gasteiger charge is -2.12. The second-order valence-corrected chi connectivity index (χ2v) is 12.0. The molecular formula is C41H37ClN4O5. The standard InChI is InChI=1S/C21H20N2O3.C20H17ClN2O2/c1-15-8-13-19(21(25)23(15)17-6-4-3-5-7-17)20(24)22-14-16-9-11-18(26-2)12-10-16;1-14-7-12-18(20(25)23(14)17-5-3-2-4-6-17)19(24)22-13-15-8-10-16(21)11-9-15/h3-13H,14H2,1-2H3,(H,22,24);2-12H,13H2,1H3,(H,22,24). The summed E-state index contributed by atoms with van der Waals surface area (Å²) in [5.74, 6) is -0.0375. The average molecular weight is 701 g/mol. The van der Waals surface area contributed by atoms with Gasteiger partial charge in [-0.3, -0.25) is 28.3 Å². The Balaban J connectivity index is 0.000000198. The number of aryl methyl sites for hydroxylation is 2. The van der Waals surface area contributed by atoms with Crippen LogP contribution in [-0.4, -0.2) is 28.1 Å². The summed E-state index contributed by atoms with van der Waals surface area (Å²) in [7, 11) is 1.60. The molecule has 9 nitrogen and oxygen atoms in total. The topological polar surface area (TPSA) is 111 Å². The van der Waals surface area contributed by atoms with Crippen LogP contribution in [0, 0.1) is 13.8 Å². The normalized spacial score (nSPS) is 10.4. The van der Waals surface area contributed by atoms with Crippen molar-refractivity contribution in [2.75, 3.05) is 7.11 Å². The van der Waals surface area contributed by atoms with Crippen molar-refractivity contribution in [3.63, 3.8) is 0 Å². The van der Waals surface area contributed by atoms with Gasteiger partial charge in [0.25, 0.3) is 22.9 Å². The zero-order valence-corrected chi connectivity index (χ0v) is 29.2. The molecule has 2 aromatic heterocycles. The number of halogens is 1. The first-order valence-corrected chi connectivity index (χ1v) is 16.5. The molecule has 0 atom stereocenters. The molecule has 0 radical (unpaired) electrons. The molecule has 0 saturated carbocycles. The molecule has 0 bridgehead atoms. The molecule has 258 valence electrons. The maximum atomic E-state index is 12.8. The second-order valence-electron chi connectivity index (χ2n) is 11.6. The highest BCUT2D eigenvalue weighted by molar-refractivity contribution is 6.30. The zero-order chi connectivity index (χ0) is 36.3. The Labute approximate surface area is 300 Å². The summed E-state index contributed by atoms with van der Waals surface area (Å²) >= 11 is 5.85. The summed E-state index contributed by atoms with van der Waals surface area (Å²) in [6.07, 6.45) is 0. The van der Waals surface area contributed by atoms with Crippen molar-refractivity contribution in [2.24, 2.45) is 0 Å². The van der Waals surface area contributed by atoms with Crippen LogP contribution in [0.4, 0.5) is 0 Å². The lowest BCUT2D eigenvalue weighted by Crippen LogP contribution is -2.33. The van der Waals surface area contributed by atoms with Crippen molar-refractivity contribution in [3.8, 4) is 17.1 Å². The van der Waals surface area contributed by atoms with Gasteiger partial charge in [-0.05, 0) is 97.8 Å². The van der Waals surface area contributed by atoms with Crippen LogP contribution in [0.2, 0.25) is 5.02 Å². The Morgan fingerprint density at radius 3 is 1.35 bits per heavy atom. The van der Waals surface area contributed by atoms with E-state index in [0.717, 1.165) is 39.6 Å². The summed E-state index contributed by atoms with van der Waals surface area (Å²) in [5.41, 5.74) is 4.41. The highest BCUT2D eigenvalue weighted by atomic mass is 35.5. The third-order valence-electron chi connectivity index (χ3n) is 8.05.